The van der Waals surface area contributed by atoms with Gasteiger partial charge >= 0.3 is 5.97 Å². The molecule has 3 N–H and O–H groups in total. The van der Waals surface area contributed by atoms with E-state index in [1.807, 2.05) is 45.2 Å². The molecule has 1 aliphatic rings. The van der Waals surface area contributed by atoms with Crippen LogP contribution in [0.15, 0.2) is 42.9 Å². The van der Waals surface area contributed by atoms with Crippen LogP contribution in [-0.2, 0) is 19.1 Å². The highest BCUT2D eigenvalue weighted by atomic mass is 35.5. The molecule has 1 saturated heterocycles. The number of anilines is 1. The first-order valence-electron chi connectivity index (χ1n) is 13.5. The maximum atomic E-state index is 14.1. The third kappa shape index (κ3) is 7.29. The van der Waals surface area contributed by atoms with Crippen molar-refractivity contribution < 1.29 is 19.1 Å². The fourth-order valence-corrected chi connectivity index (χ4v) is 5.24. The van der Waals surface area contributed by atoms with Gasteiger partial charge in [-0.3, -0.25) is 14.4 Å². The van der Waals surface area contributed by atoms with E-state index in [-0.39, 0.29) is 24.3 Å². The van der Waals surface area contributed by atoms with E-state index >= 15 is 0 Å². The lowest BCUT2D eigenvalue weighted by Crippen LogP contribution is -2.51. The molecule has 3 heterocycles. The molecule has 11 heteroatoms. The number of aromatic amines is 1. The van der Waals surface area contributed by atoms with Gasteiger partial charge in [0.05, 0.1) is 23.3 Å². The number of hydrogen-bond acceptors (Lipinski definition) is 7. The number of piperidine rings is 1. The predicted octanol–water partition coefficient (Wildman–Crippen LogP) is 4.31. The second-order valence-corrected chi connectivity index (χ2v) is 11.8. The molecule has 40 heavy (non-hydrogen) atoms. The van der Waals surface area contributed by atoms with E-state index in [1.54, 1.807) is 12.1 Å². The molecule has 1 fully saturated rings. The Kier molecular flexibility index (Phi) is 8.98. The van der Waals surface area contributed by atoms with Gasteiger partial charge in [-0.15, -0.1) is 0 Å². The summed E-state index contributed by atoms with van der Waals surface area (Å²) in [6.07, 6.45) is 4.67. The number of carbonyl (C=O) groups excluding carboxylic acids is 3. The summed E-state index contributed by atoms with van der Waals surface area (Å²) in [6.45, 7) is 8.35. The molecule has 1 unspecified atom stereocenters. The molecular formula is C29H37ClN6O4. The number of nitrogens with zero attached hydrogens (tertiary/aromatic N) is 3. The van der Waals surface area contributed by atoms with Crippen molar-refractivity contribution in [3.63, 3.8) is 0 Å². The van der Waals surface area contributed by atoms with E-state index in [2.05, 4.69) is 30.5 Å². The first-order valence-corrected chi connectivity index (χ1v) is 13.9. The molecule has 3 aromatic rings. The lowest BCUT2D eigenvalue weighted by atomic mass is 9.74. The van der Waals surface area contributed by atoms with Crippen molar-refractivity contribution in [3.8, 4) is 0 Å². The Morgan fingerprint density at radius 3 is 2.48 bits per heavy atom. The molecule has 0 aliphatic carbocycles. The average Bonchev–Trinajstić information content (AvgIpc) is 3.37. The monoisotopic (exact) mass is 568 g/mol. The first-order chi connectivity index (χ1) is 19.0. The Morgan fingerprint density at radius 2 is 1.82 bits per heavy atom. The summed E-state index contributed by atoms with van der Waals surface area (Å²) in [6, 6.07) is 8.82. The number of H-pyrrole nitrogens is 1. The molecule has 2 amide bonds. The number of hydrogen-bond donors (Lipinski definition) is 3. The molecule has 1 aromatic carbocycles. The van der Waals surface area contributed by atoms with E-state index in [9.17, 15) is 14.4 Å². The number of carbonyl (C=O) groups is 3. The Bertz CT molecular complexity index is 1340. The largest absolute Gasteiger partial charge is 0.460 e. The molecule has 214 valence electrons. The van der Waals surface area contributed by atoms with E-state index in [0.717, 1.165) is 22.4 Å². The van der Waals surface area contributed by atoms with Crippen LogP contribution in [0.2, 0.25) is 5.02 Å². The number of fused-ring (bicyclic) bond motifs is 1. The number of nitrogens with one attached hydrogen (secondary N) is 3. The Hall–Kier alpha value is -3.66. The summed E-state index contributed by atoms with van der Waals surface area (Å²) in [5.41, 5.74) is -0.0235. The van der Waals surface area contributed by atoms with Gasteiger partial charge < -0.3 is 25.3 Å². The van der Waals surface area contributed by atoms with Gasteiger partial charge in [-0.2, -0.15) is 0 Å². The highest BCUT2D eigenvalue weighted by molar-refractivity contribution is 6.30. The van der Waals surface area contributed by atoms with Gasteiger partial charge in [0.2, 0.25) is 11.8 Å². The van der Waals surface area contributed by atoms with Gasteiger partial charge in [0.25, 0.3) is 0 Å². The average molecular weight is 569 g/mol. The van der Waals surface area contributed by atoms with E-state index < -0.39 is 17.0 Å². The van der Waals surface area contributed by atoms with Crippen LogP contribution in [0.1, 0.15) is 65.0 Å². The SMILES string of the molecule is CC(=O)NCCC(NC(=O)C1(CC(=O)OC(C)(C)C)CCN(c2ncnc3[nH]ccc23)CC1)c1ccc(Cl)cc1. The normalized spacial score (nSPS) is 15.9. The molecule has 4 rings (SSSR count). The fourth-order valence-electron chi connectivity index (χ4n) is 5.12. The summed E-state index contributed by atoms with van der Waals surface area (Å²) >= 11 is 6.10. The van der Waals surface area contributed by atoms with Crippen molar-refractivity contribution in [3.05, 3.63) is 53.4 Å². The Morgan fingerprint density at radius 1 is 1.12 bits per heavy atom. The van der Waals surface area contributed by atoms with Crippen molar-refractivity contribution in [2.45, 2.75) is 65.0 Å². The molecule has 10 nitrogen and oxygen atoms in total. The number of rotatable bonds is 9. The van der Waals surface area contributed by atoms with Gasteiger partial charge in [-0.1, -0.05) is 23.7 Å². The summed E-state index contributed by atoms with van der Waals surface area (Å²) in [4.78, 5) is 52.7. The van der Waals surface area contributed by atoms with Crippen LogP contribution in [0.5, 0.6) is 0 Å². The summed E-state index contributed by atoms with van der Waals surface area (Å²) in [7, 11) is 0. The van der Waals surface area contributed by atoms with Crippen LogP contribution in [-0.4, -0.2) is 58.0 Å². The van der Waals surface area contributed by atoms with Crippen molar-refractivity contribution in [2.24, 2.45) is 5.41 Å². The number of benzene rings is 1. The number of esters is 1. The first kappa shape index (κ1) is 29.3. The zero-order valence-corrected chi connectivity index (χ0v) is 24.2. The highest BCUT2D eigenvalue weighted by Crippen LogP contribution is 2.39. The summed E-state index contributed by atoms with van der Waals surface area (Å²) in [5.74, 6) is 0.0331. The van der Waals surface area contributed by atoms with Gasteiger partial charge in [-0.25, -0.2) is 9.97 Å². The Labute approximate surface area is 239 Å². The second-order valence-electron chi connectivity index (χ2n) is 11.3. The van der Waals surface area contributed by atoms with Crippen LogP contribution >= 0.6 is 11.6 Å². The maximum Gasteiger partial charge on any atom is 0.307 e. The molecule has 0 saturated carbocycles. The zero-order chi connectivity index (χ0) is 28.9. The zero-order valence-electron chi connectivity index (χ0n) is 23.4. The molecule has 1 atom stereocenters. The highest BCUT2D eigenvalue weighted by Gasteiger charge is 2.45. The van der Waals surface area contributed by atoms with Crippen LogP contribution in [0.4, 0.5) is 5.82 Å². The van der Waals surface area contributed by atoms with Gasteiger partial charge in [0, 0.05) is 37.8 Å². The quantitative estimate of drug-likeness (QED) is 0.328. The van der Waals surface area contributed by atoms with E-state index in [0.29, 0.717) is 43.9 Å². The third-order valence-electron chi connectivity index (χ3n) is 7.12. The van der Waals surface area contributed by atoms with Crippen molar-refractivity contribution in [2.75, 3.05) is 24.5 Å². The minimum Gasteiger partial charge on any atom is -0.460 e. The third-order valence-corrected chi connectivity index (χ3v) is 7.37. The van der Waals surface area contributed by atoms with Crippen LogP contribution in [0.3, 0.4) is 0 Å². The van der Waals surface area contributed by atoms with Crippen molar-refractivity contribution in [1.82, 2.24) is 25.6 Å². The number of aromatic nitrogens is 3. The van der Waals surface area contributed by atoms with Gasteiger partial charge in [0.15, 0.2) is 0 Å². The van der Waals surface area contributed by atoms with Crippen LogP contribution in [0.25, 0.3) is 11.0 Å². The molecule has 2 aromatic heterocycles. The molecule has 1 aliphatic heterocycles. The summed E-state index contributed by atoms with van der Waals surface area (Å²) < 4.78 is 5.65. The lowest BCUT2D eigenvalue weighted by molar-refractivity contribution is -0.161. The maximum absolute atomic E-state index is 14.1. The topological polar surface area (TPSA) is 129 Å². The van der Waals surface area contributed by atoms with Gasteiger partial charge in [-0.05, 0) is 63.8 Å². The number of amides is 2. The predicted molar refractivity (Wildman–Crippen MR) is 154 cm³/mol. The van der Waals surface area contributed by atoms with Crippen molar-refractivity contribution >= 4 is 46.2 Å². The minimum atomic E-state index is -0.970. The Balaban J connectivity index is 1.57. The minimum absolute atomic E-state index is 0.0354. The van der Waals surface area contributed by atoms with Crippen molar-refractivity contribution in [1.29, 1.82) is 0 Å². The fraction of sp³-hybridized carbons (Fsp3) is 0.483. The van der Waals surface area contributed by atoms with E-state index in [4.69, 9.17) is 16.3 Å². The smallest absolute Gasteiger partial charge is 0.307 e. The number of ether oxygens (including phenoxy) is 1. The van der Waals surface area contributed by atoms with Gasteiger partial charge in [0.1, 0.15) is 23.4 Å². The molecular weight excluding hydrogens is 532 g/mol. The molecule has 0 bridgehead atoms. The summed E-state index contributed by atoms with van der Waals surface area (Å²) in [5, 5.41) is 7.50. The van der Waals surface area contributed by atoms with E-state index in [1.165, 1.54) is 13.3 Å². The second kappa shape index (κ2) is 12.2. The molecule has 0 radical (unpaired) electrons. The number of halogens is 1. The van der Waals surface area contributed by atoms with Crippen LogP contribution < -0.4 is 15.5 Å². The molecule has 0 spiro atoms. The van der Waals surface area contributed by atoms with Crippen LogP contribution in [0, 0.1) is 5.41 Å². The standard InChI is InChI=1S/C29H37ClN6O4/c1-19(37)31-14-10-23(20-5-7-21(30)8-6-20)35-27(39)29(17-24(38)40-28(2,3)4)11-15-36(16-12-29)26-22-9-13-32-25(22)33-18-34-26/h5-9,13,18,23H,10-12,14-17H2,1-4H3,(H,31,37)(H,35,39)(H,32,33,34). The lowest BCUT2D eigenvalue weighted by Gasteiger charge is -2.41.